The number of benzene rings is 2. The van der Waals surface area contributed by atoms with Crippen molar-refractivity contribution in [1.29, 1.82) is 0 Å². The fourth-order valence-electron chi connectivity index (χ4n) is 2.49. The second kappa shape index (κ2) is 13.3. The van der Waals surface area contributed by atoms with E-state index in [0.29, 0.717) is 30.5 Å². The first-order chi connectivity index (χ1) is 13.5. The zero-order valence-corrected chi connectivity index (χ0v) is 20.0. The van der Waals surface area contributed by atoms with Gasteiger partial charge in [-0.25, -0.2) is 4.99 Å². The summed E-state index contributed by atoms with van der Waals surface area (Å²) >= 11 is 6.09. The molecule has 2 aromatic rings. The van der Waals surface area contributed by atoms with Crippen LogP contribution in [0.4, 0.5) is 5.69 Å². The van der Waals surface area contributed by atoms with Crippen molar-refractivity contribution in [3.8, 4) is 5.75 Å². The molecule has 29 heavy (non-hydrogen) atoms. The second-order valence-electron chi connectivity index (χ2n) is 6.18. The number of carbonyl (C=O) groups is 1. The van der Waals surface area contributed by atoms with E-state index in [4.69, 9.17) is 16.3 Å². The molecular formula is C21H28ClIN4O2. The number of hydrogen-bond donors (Lipinski definition) is 3. The fraction of sp³-hybridized carbons (Fsp3) is 0.333. The summed E-state index contributed by atoms with van der Waals surface area (Å²) in [6.07, 6.45) is 0.318. The first kappa shape index (κ1) is 25.0. The van der Waals surface area contributed by atoms with Crippen molar-refractivity contribution in [2.24, 2.45) is 4.99 Å². The van der Waals surface area contributed by atoms with Gasteiger partial charge in [0.2, 0.25) is 5.91 Å². The van der Waals surface area contributed by atoms with Crippen molar-refractivity contribution >= 4 is 53.1 Å². The van der Waals surface area contributed by atoms with Gasteiger partial charge in [-0.2, -0.15) is 0 Å². The summed E-state index contributed by atoms with van der Waals surface area (Å²) in [6.45, 7) is 5.62. The topological polar surface area (TPSA) is 74.8 Å². The van der Waals surface area contributed by atoms with Gasteiger partial charge in [0, 0.05) is 30.2 Å². The summed E-state index contributed by atoms with van der Waals surface area (Å²) in [5.74, 6) is 1.41. The summed E-state index contributed by atoms with van der Waals surface area (Å²) in [7, 11) is 1.64. The van der Waals surface area contributed by atoms with Crippen LogP contribution in [0.1, 0.15) is 24.5 Å². The molecule has 0 bridgehead atoms. The molecular weight excluding hydrogens is 503 g/mol. The number of nitrogens with zero attached hydrogens (tertiary/aromatic N) is 1. The van der Waals surface area contributed by atoms with Crippen LogP contribution in [0.25, 0.3) is 0 Å². The van der Waals surface area contributed by atoms with Gasteiger partial charge in [-0.1, -0.05) is 29.8 Å². The Morgan fingerprint density at radius 1 is 1.14 bits per heavy atom. The van der Waals surface area contributed by atoms with E-state index in [-0.39, 0.29) is 29.9 Å². The maximum atomic E-state index is 12.2. The largest absolute Gasteiger partial charge is 0.497 e. The van der Waals surface area contributed by atoms with Gasteiger partial charge in [-0.05, 0) is 49.2 Å². The normalized spacial score (nSPS) is 10.7. The molecule has 0 radical (unpaired) electrons. The number of halogens is 2. The van der Waals surface area contributed by atoms with Gasteiger partial charge < -0.3 is 20.7 Å². The lowest BCUT2D eigenvalue weighted by molar-refractivity contribution is -0.116. The average Bonchev–Trinajstić information content (AvgIpc) is 2.70. The number of methoxy groups -OCH3 is 1. The third kappa shape index (κ3) is 8.49. The first-order valence-corrected chi connectivity index (χ1v) is 9.61. The summed E-state index contributed by atoms with van der Waals surface area (Å²) in [4.78, 5) is 16.7. The van der Waals surface area contributed by atoms with E-state index in [2.05, 4.69) is 20.9 Å². The SMILES string of the molecule is CCNC(=NCc1ccc(OC)cc1)NCCC(=O)Nc1cccc(Cl)c1C.I. The monoisotopic (exact) mass is 530 g/mol. The van der Waals surface area contributed by atoms with Crippen LogP contribution >= 0.6 is 35.6 Å². The number of guanidine groups is 1. The van der Waals surface area contributed by atoms with Crippen LogP contribution in [0.2, 0.25) is 5.02 Å². The number of nitrogens with one attached hydrogen (secondary N) is 3. The molecule has 0 aliphatic heterocycles. The smallest absolute Gasteiger partial charge is 0.226 e. The van der Waals surface area contributed by atoms with Crippen molar-refractivity contribution in [3.63, 3.8) is 0 Å². The van der Waals surface area contributed by atoms with Crippen LogP contribution in [0.5, 0.6) is 5.75 Å². The molecule has 2 aromatic carbocycles. The van der Waals surface area contributed by atoms with E-state index in [1.54, 1.807) is 13.2 Å². The summed E-state index contributed by atoms with van der Waals surface area (Å²) in [5.41, 5.74) is 2.67. The zero-order chi connectivity index (χ0) is 20.4. The molecule has 0 aromatic heterocycles. The van der Waals surface area contributed by atoms with Gasteiger partial charge in [0.25, 0.3) is 0 Å². The van der Waals surface area contributed by atoms with Crippen molar-refractivity contribution in [3.05, 3.63) is 58.6 Å². The Morgan fingerprint density at radius 3 is 2.52 bits per heavy atom. The van der Waals surface area contributed by atoms with E-state index >= 15 is 0 Å². The van der Waals surface area contributed by atoms with E-state index < -0.39 is 0 Å². The molecule has 0 spiro atoms. The molecule has 0 aliphatic rings. The van der Waals surface area contributed by atoms with Gasteiger partial charge in [-0.15, -0.1) is 24.0 Å². The minimum absolute atomic E-state index is 0. The Balaban J connectivity index is 0.00000420. The molecule has 0 unspecified atom stereocenters. The van der Waals surface area contributed by atoms with E-state index in [1.807, 2.05) is 50.2 Å². The minimum Gasteiger partial charge on any atom is -0.497 e. The Morgan fingerprint density at radius 2 is 1.86 bits per heavy atom. The Labute approximate surface area is 194 Å². The van der Waals surface area contributed by atoms with Crippen LogP contribution in [-0.2, 0) is 11.3 Å². The van der Waals surface area contributed by atoms with Crippen LogP contribution in [0, 0.1) is 6.92 Å². The van der Waals surface area contributed by atoms with Gasteiger partial charge >= 0.3 is 0 Å². The Bertz CT molecular complexity index is 813. The average molecular weight is 531 g/mol. The number of hydrogen-bond acceptors (Lipinski definition) is 3. The summed E-state index contributed by atoms with van der Waals surface area (Å²) in [6, 6.07) is 13.2. The number of anilines is 1. The highest BCUT2D eigenvalue weighted by Crippen LogP contribution is 2.22. The zero-order valence-electron chi connectivity index (χ0n) is 16.9. The molecule has 0 saturated carbocycles. The lowest BCUT2D eigenvalue weighted by atomic mass is 10.2. The fourth-order valence-corrected chi connectivity index (χ4v) is 2.67. The molecule has 2 rings (SSSR count). The third-order valence-electron chi connectivity index (χ3n) is 4.11. The predicted octanol–water partition coefficient (Wildman–Crippen LogP) is 4.36. The van der Waals surface area contributed by atoms with Crippen LogP contribution < -0.4 is 20.7 Å². The number of carbonyl (C=O) groups excluding carboxylic acids is 1. The minimum atomic E-state index is -0.0798. The van der Waals surface area contributed by atoms with Gasteiger partial charge in [0.05, 0.1) is 13.7 Å². The molecule has 8 heteroatoms. The second-order valence-corrected chi connectivity index (χ2v) is 6.59. The highest BCUT2D eigenvalue weighted by Gasteiger charge is 2.07. The van der Waals surface area contributed by atoms with E-state index in [1.165, 1.54) is 0 Å². The molecule has 0 aliphatic carbocycles. The summed E-state index contributed by atoms with van der Waals surface area (Å²) in [5, 5.41) is 9.89. The highest BCUT2D eigenvalue weighted by atomic mass is 127. The molecule has 0 fully saturated rings. The van der Waals surface area contributed by atoms with Crippen molar-refractivity contribution in [2.45, 2.75) is 26.8 Å². The van der Waals surface area contributed by atoms with Crippen molar-refractivity contribution in [1.82, 2.24) is 10.6 Å². The summed E-state index contributed by atoms with van der Waals surface area (Å²) < 4.78 is 5.16. The third-order valence-corrected chi connectivity index (χ3v) is 4.52. The van der Waals surface area contributed by atoms with Crippen molar-refractivity contribution < 1.29 is 9.53 Å². The molecule has 6 nitrogen and oxygen atoms in total. The lowest BCUT2D eigenvalue weighted by Crippen LogP contribution is -2.38. The van der Waals surface area contributed by atoms with E-state index in [0.717, 1.165) is 29.1 Å². The maximum Gasteiger partial charge on any atom is 0.226 e. The first-order valence-electron chi connectivity index (χ1n) is 9.23. The molecule has 158 valence electrons. The van der Waals surface area contributed by atoms with Gasteiger partial charge in [-0.3, -0.25) is 4.79 Å². The maximum absolute atomic E-state index is 12.2. The number of rotatable bonds is 8. The standard InChI is InChI=1S/C21H27ClN4O2.HI/c1-4-23-21(25-14-16-8-10-17(28-3)11-9-16)24-13-12-20(27)26-19-7-5-6-18(22)15(19)2;/h5-11H,4,12-14H2,1-3H3,(H,26,27)(H2,23,24,25);1H. The molecule has 0 atom stereocenters. The Kier molecular flexibility index (Phi) is 11.5. The van der Waals surface area contributed by atoms with Crippen molar-refractivity contribution in [2.75, 3.05) is 25.5 Å². The van der Waals surface area contributed by atoms with E-state index in [9.17, 15) is 4.79 Å². The van der Waals surface area contributed by atoms with Gasteiger partial charge in [0.1, 0.15) is 5.75 Å². The van der Waals surface area contributed by atoms with Gasteiger partial charge in [0.15, 0.2) is 5.96 Å². The quantitative estimate of drug-likeness (QED) is 0.269. The number of amides is 1. The lowest BCUT2D eigenvalue weighted by Gasteiger charge is -2.12. The molecule has 0 saturated heterocycles. The Hall–Kier alpha value is -2.00. The van der Waals surface area contributed by atoms with Crippen LogP contribution in [0.3, 0.4) is 0 Å². The molecule has 3 N–H and O–H groups in total. The molecule has 1 amide bonds. The molecule has 0 heterocycles. The predicted molar refractivity (Wildman–Crippen MR) is 131 cm³/mol. The van der Waals surface area contributed by atoms with Crippen LogP contribution in [-0.4, -0.2) is 32.1 Å². The van der Waals surface area contributed by atoms with Crippen LogP contribution in [0.15, 0.2) is 47.5 Å². The number of aliphatic imine (C=N–C) groups is 1. The number of ether oxygens (including phenoxy) is 1. The highest BCUT2D eigenvalue weighted by molar-refractivity contribution is 14.0.